The zero-order valence-electron chi connectivity index (χ0n) is 53.3. The van der Waals surface area contributed by atoms with E-state index in [1.54, 1.807) is 0 Å². The molecule has 2 atom stereocenters. The summed E-state index contributed by atoms with van der Waals surface area (Å²) in [5, 5.41) is 0. The number of phosphoric acid groups is 1. The molecule has 0 bridgehead atoms. The Morgan fingerprint density at radius 1 is 0.388 bits per heavy atom. The Balaban J connectivity index is 4.06. The van der Waals surface area contributed by atoms with Crippen molar-refractivity contribution in [2.75, 3.05) is 47.5 Å². The molecule has 0 fully saturated rings. The molecule has 0 aliphatic carbocycles. The zero-order valence-corrected chi connectivity index (χ0v) is 54.2. The normalized spacial score (nSPS) is 13.5. The van der Waals surface area contributed by atoms with E-state index in [1.165, 1.54) is 238 Å². The third-order valence-corrected chi connectivity index (χ3v) is 16.0. The van der Waals surface area contributed by atoms with Crippen LogP contribution in [0, 0.1) is 0 Å². The average molecular weight is 1150 g/mol. The number of phosphoric ester groups is 1. The number of hydrogen-bond acceptors (Lipinski definition) is 7. The Kier molecular flexibility index (Phi) is 59.5. The van der Waals surface area contributed by atoms with Crippen molar-refractivity contribution in [1.82, 2.24) is 0 Å². The van der Waals surface area contributed by atoms with Crippen LogP contribution < -0.4 is 0 Å². The lowest BCUT2D eigenvalue weighted by molar-refractivity contribution is -0.870. The maximum absolute atomic E-state index is 12.9. The van der Waals surface area contributed by atoms with E-state index in [9.17, 15) is 19.0 Å². The summed E-state index contributed by atoms with van der Waals surface area (Å²) in [7, 11) is 1.49. The van der Waals surface area contributed by atoms with Gasteiger partial charge in [0, 0.05) is 12.8 Å². The van der Waals surface area contributed by atoms with Crippen LogP contribution in [-0.4, -0.2) is 74.9 Å². The lowest BCUT2D eigenvalue weighted by atomic mass is 10.0. The first kappa shape index (κ1) is 77.7. The monoisotopic (exact) mass is 1140 g/mol. The quantitative estimate of drug-likeness (QED) is 0.0211. The second-order valence-electron chi connectivity index (χ2n) is 24.2. The molecule has 10 heteroatoms. The zero-order chi connectivity index (χ0) is 58.4. The van der Waals surface area contributed by atoms with Gasteiger partial charge in [-0.2, -0.15) is 0 Å². The maximum atomic E-state index is 12.9. The standard InChI is InChI=1S/C70H130NO8P/c1-6-8-10-12-14-16-18-20-22-24-26-28-30-32-34-35-37-39-41-43-45-47-49-51-53-55-57-59-61-63-70(73)79-68(67-78-80(74,75)77-65-64-71(3,4)5)66-76-69(72)62-60-58-56-54-52-50-48-46-44-42-40-38-36-33-31-29-27-25-23-21-19-17-15-13-11-9-7-2/h18-21,24-27,30,32,68H,6-17,22-23,28-29,31,33-67H2,1-5H3/p+1/b20-18-,21-19-,26-24-,27-25-,32-30-. The molecule has 0 amide bonds. The number of allylic oxidation sites excluding steroid dienone is 10. The van der Waals surface area contributed by atoms with Gasteiger partial charge in [-0.1, -0.05) is 286 Å². The summed E-state index contributed by atoms with van der Waals surface area (Å²) in [6.07, 6.45) is 80.3. The van der Waals surface area contributed by atoms with Crippen LogP contribution in [0.4, 0.5) is 0 Å². The van der Waals surface area contributed by atoms with E-state index >= 15 is 0 Å². The lowest BCUT2D eigenvalue weighted by Gasteiger charge is -2.24. The van der Waals surface area contributed by atoms with Crippen molar-refractivity contribution in [3.05, 3.63) is 60.8 Å². The SMILES string of the molecule is CCCCCCC/C=C\C/C=C\C/C=C\CCCCCCCCCCCCCCCCC(=O)OC(COC(=O)CCCCCCCCCCCCCCCCC/C=C\C/C=C\CCCCCCC)COP(=O)(O)OCC[N+](C)(C)C. The van der Waals surface area contributed by atoms with Gasteiger partial charge in [0.05, 0.1) is 27.7 Å². The molecule has 0 saturated heterocycles. The Bertz CT molecular complexity index is 1530. The summed E-state index contributed by atoms with van der Waals surface area (Å²) in [4.78, 5) is 35.8. The molecule has 9 nitrogen and oxygen atoms in total. The van der Waals surface area contributed by atoms with Crippen LogP contribution in [0.2, 0.25) is 0 Å². The topological polar surface area (TPSA) is 108 Å². The van der Waals surface area contributed by atoms with Gasteiger partial charge in [-0.3, -0.25) is 18.6 Å². The first-order valence-corrected chi connectivity index (χ1v) is 35.5. The summed E-state index contributed by atoms with van der Waals surface area (Å²) in [5.74, 6) is -0.786. The number of unbranched alkanes of at least 4 members (excludes halogenated alkanes) is 39. The highest BCUT2D eigenvalue weighted by Gasteiger charge is 2.27. The van der Waals surface area contributed by atoms with Gasteiger partial charge >= 0.3 is 19.8 Å². The van der Waals surface area contributed by atoms with Crippen molar-refractivity contribution in [3.63, 3.8) is 0 Å². The van der Waals surface area contributed by atoms with Gasteiger partial charge in [-0.05, 0) is 83.5 Å². The summed E-state index contributed by atoms with van der Waals surface area (Å²) in [6, 6.07) is 0. The molecule has 0 radical (unpaired) electrons. The van der Waals surface area contributed by atoms with Crippen molar-refractivity contribution < 1.29 is 42.1 Å². The van der Waals surface area contributed by atoms with Gasteiger partial charge in [0.15, 0.2) is 6.10 Å². The molecule has 0 aliphatic rings. The minimum absolute atomic E-state index is 0.0316. The van der Waals surface area contributed by atoms with Crippen LogP contribution in [0.25, 0.3) is 0 Å². The molecule has 0 rings (SSSR count). The third-order valence-electron chi connectivity index (χ3n) is 15.0. The van der Waals surface area contributed by atoms with Crippen LogP contribution in [0.5, 0.6) is 0 Å². The van der Waals surface area contributed by atoms with E-state index in [-0.39, 0.29) is 32.0 Å². The van der Waals surface area contributed by atoms with E-state index in [4.69, 9.17) is 18.5 Å². The first-order chi connectivity index (χ1) is 39.0. The van der Waals surface area contributed by atoms with Crippen LogP contribution in [0.1, 0.15) is 322 Å². The number of rotatable bonds is 63. The molecule has 1 N–H and O–H groups in total. The number of carbonyl (C=O) groups is 2. The van der Waals surface area contributed by atoms with E-state index < -0.39 is 26.5 Å². The van der Waals surface area contributed by atoms with Crippen molar-refractivity contribution in [2.24, 2.45) is 0 Å². The van der Waals surface area contributed by atoms with Crippen molar-refractivity contribution in [3.8, 4) is 0 Å². The highest BCUT2D eigenvalue weighted by molar-refractivity contribution is 7.47. The molecule has 0 aromatic rings. The van der Waals surface area contributed by atoms with Gasteiger partial charge in [-0.25, -0.2) is 4.57 Å². The number of nitrogens with zero attached hydrogens (tertiary/aromatic N) is 1. The molecule has 80 heavy (non-hydrogen) atoms. The van der Waals surface area contributed by atoms with Crippen molar-refractivity contribution in [1.29, 1.82) is 0 Å². The Morgan fingerprint density at radius 2 is 0.675 bits per heavy atom. The number of likely N-dealkylation sites (N-methyl/N-ethyl adjacent to an activating group) is 1. The van der Waals surface area contributed by atoms with Crippen molar-refractivity contribution in [2.45, 2.75) is 328 Å². The fourth-order valence-corrected chi connectivity index (χ4v) is 10.5. The van der Waals surface area contributed by atoms with E-state index in [2.05, 4.69) is 74.6 Å². The number of hydrogen-bond donors (Lipinski definition) is 1. The predicted octanol–water partition coefficient (Wildman–Crippen LogP) is 21.8. The maximum Gasteiger partial charge on any atom is 0.472 e. The number of esters is 2. The number of carbonyl (C=O) groups excluding carboxylic acids is 2. The van der Waals surface area contributed by atoms with Crippen LogP contribution in [-0.2, 0) is 32.7 Å². The minimum Gasteiger partial charge on any atom is -0.462 e. The molecule has 0 saturated carbocycles. The van der Waals surface area contributed by atoms with Crippen LogP contribution in [0.3, 0.4) is 0 Å². The van der Waals surface area contributed by atoms with Gasteiger partial charge in [0.2, 0.25) is 0 Å². The Hall–Kier alpha value is -2.29. The molecule has 0 aromatic heterocycles. The predicted molar refractivity (Wildman–Crippen MR) is 344 cm³/mol. The molecule has 468 valence electrons. The minimum atomic E-state index is -4.39. The van der Waals surface area contributed by atoms with Crippen LogP contribution in [0.15, 0.2) is 60.8 Å². The summed E-state index contributed by atoms with van der Waals surface area (Å²) < 4.78 is 34.7. The van der Waals surface area contributed by atoms with Gasteiger partial charge in [0.25, 0.3) is 0 Å². The van der Waals surface area contributed by atoms with Gasteiger partial charge < -0.3 is 18.9 Å². The third kappa shape index (κ3) is 64.9. The molecular formula is C70H131NO8P+. The van der Waals surface area contributed by atoms with Gasteiger partial charge in [-0.15, -0.1) is 0 Å². The summed E-state index contributed by atoms with van der Waals surface area (Å²) in [5.41, 5.74) is 0. The number of quaternary nitrogens is 1. The highest BCUT2D eigenvalue weighted by Crippen LogP contribution is 2.43. The Morgan fingerprint density at radius 3 is 1.00 bits per heavy atom. The largest absolute Gasteiger partial charge is 0.472 e. The molecule has 0 spiro atoms. The average Bonchev–Trinajstić information content (AvgIpc) is 3.42. The van der Waals surface area contributed by atoms with Gasteiger partial charge in [0.1, 0.15) is 19.8 Å². The molecule has 0 aromatic carbocycles. The Labute approximate surface area is 496 Å². The van der Waals surface area contributed by atoms with E-state index in [1.807, 2.05) is 21.1 Å². The summed E-state index contributed by atoms with van der Waals surface area (Å²) in [6.45, 7) is 4.46. The molecule has 2 unspecified atom stereocenters. The fourth-order valence-electron chi connectivity index (χ4n) is 9.76. The highest BCUT2D eigenvalue weighted by atomic mass is 31.2. The second-order valence-corrected chi connectivity index (χ2v) is 25.7. The lowest BCUT2D eigenvalue weighted by Crippen LogP contribution is -2.37. The van der Waals surface area contributed by atoms with E-state index in [0.29, 0.717) is 17.4 Å². The molecular weight excluding hydrogens is 1010 g/mol. The molecule has 0 heterocycles. The summed E-state index contributed by atoms with van der Waals surface area (Å²) >= 11 is 0. The fraction of sp³-hybridized carbons (Fsp3) is 0.829. The second kappa shape index (κ2) is 61.3. The molecule has 0 aliphatic heterocycles. The smallest absolute Gasteiger partial charge is 0.462 e. The van der Waals surface area contributed by atoms with E-state index in [0.717, 1.165) is 51.4 Å². The first-order valence-electron chi connectivity index (χ1n) is 34.0. The number of ether oxygens (including phenoxy) is 2. The van der Waals surface area contributed by atoms with Crippen LogP contribution >= 0.6 is 7.82 Å². The van der Waals surface area contributed by atoms with Crippen molar-refractivity contribution >= 4 is 19.8 Å².